The molecule has 1 aliphatic rings. The van der Waals surface area contributed by atoms with Gasteiger partial charge in [-0.2, -0.15) is 18.3 Å². The summed E-state index contributed by atoms with van der Waals surface area (Å²) in [5.41, 5.74) is 1.56. The second-order valence-electron chi connectivity index (χ2n) is 9.72. The highest BCUT2D eigenvalue weighted by Gasteiger charge is 2.34. The minimum atomic E-state index is -4.55. The lowest BCUT2D eigenvalue weighted by Crippen LogP contribution is -2.30. The standard InChI is InChI=1S/C22H23F3N4OS.C7H7F/c1-13-20(31-14(2)27-13)18-11-16(15-7-4-3-5-8-15)21(30)29(28-18)12-19-17(22(23,24)25)9-6-10-26-19;1-6-3-2-4-7(8)5-6/h6,9-11,15H,3-5,7-8,12H2,1-2H3;2-5H,1H3. The van der Waals surface area contributed by atoms with E-state index in [1.54, 1.807) is 6.07 Å². The molecule has 4 aromatic rings. The number of hydrogen-bond donors (Lipinski definition) is 0. The molecule has 3 heterocycles. The molecule has 1 fully saturated rings. The van der Waals surface area contributed by atoms with Crippen LogP contribution >= 0.6 is 11.3 Å². The molecular weight excluding hydrogens is 528 g/mol. The van der Waals surface area contributed by atoms with Crippen LogP contribution in [0.3, 0.4) is 0 Å². The summed E-state index contributed by atoms with van der Waals surface area (Å²) < 4.78 is 53.7. The number of rotatable bonds is 4. The summed E-state index contributed by atoms with van der Waals surface area (Å²) in [5.74, 6) is -0.0700. The van der Waals surface area contributed by atoms with Crippen molar-refractivity contribution in [2.45, 2.75) is 71.5 Å². The van der Waals surface area contributed by atoms with E-state index in [2.05, 4.69) is 15.1 Å². The van der Waals surface area contributed by atoms with Crippen molar-refractivity contribution in [3.63, 3.8) is 0 Å². The Morgan fingerprint density at radius 3 is 2.36 bits per heavy atom. The van der Waals surface area contributed by atoms with Gasteiger partial charge in [-0.25, -0.2) is 14.1 Å². The van der Waals surface area contributed by atoms with Crippen LogP contribution in [0.5, 0.6) is 0 Å². The molecule has 3 aromatic heterocycles. The molecule has 0 radical (unpaired) electrons. The van der Waals surface area contributed by atoms with Gasteiger partial charge in [0.25, 0.3) is 5.56 Å². The van der Waals surface area contributed by atoms with Gasteiger partial charge in [0.15, 0.2) is 0 Å². The van der Waals surface area contributed by atoms with Gasteiger partial charge >= 0.3 is 6.18 Å². The van der Waals surface area contributed by atoms with Gasteiger partial charge in [0, 0.05) is 11.8 Å². The zero-order chi connectivity index (χ0) is 28.2. The maximum Gasteiger partial charge on any atom is 0.418 e. The molecule has 0 atom stereocenters. The van der Waals surface area contributed by atoms with E-state index in [1.807, 2.05) is 32.9 Å². The molecule has 0 N–H and O–H groups in total. The SMILES string of the molecule is Cc1cccc(F)c1.Cc1nc(C)c(-c2cc(C3CCCCC3)c(=O)n(Cc3ncccc3C(F)(F)F)n2)s1. The number of alkyl halides is 3. The lowest BCUT2D eigenvalue weighted by Gasteiger charge is -2.22. The van der Waals surface area contributed by atoms with E-state index < -0.39 is 11.7 Å². The molecular formula is C29H30F4N4OS. The van der Waals surface area contributed by atoms with Crippen molar-refractivity contribution in [1.82, 2.24) is 19.7 Å². The third-order valence-corrected chi connectivity index (χ3v) is 7.75. The molecule has 0 spiro atoms. The number of thiazole rings is 1. The fourth-order valence-electron chi connectivity index (χ4n) is 4.83. The van der Waals surface area contributed by atoms with Gasteiger partial charge < -0.3 is 0 Å². The molecule has 0 saturated heterocycles. The molecule has 0 amide bonds. The van der Waals surface area contributed by atoms with Crippen LogP contribution in [0.15, 0.2) is 53.5 Å². The monoisotopic (exact) mass is 558 g/mol. The van der Waals surface area contributed by atoms with Crippen LogP contribution in [-0.2, 0) is 12.7 Å². The van der Waals surface area contributed by atoms with Gasteiger partial charge in [-0.1, -0.05) is 31.4 Å². The Balaban J connectivity index is 0.000000379. The first-order chi connectivity index (χ1) is 18.5. The number of hydrogen-bond acceptors (Lipinski definition) is 5. The smallest absolute Gasteiger partial charge is 0.267 e. The Morgan fingerprint density at radius 1 is 1.03 bits per heavy atom. The summed E-state index contributed by atoms with van der Waals surface area (Å²) in [5, 5.41) is 5.33. The molecule has 1 aromatic carbocycles. The van der Waals surface area contributed by atoms with E-state index in [0.717, 1.165) is 64.0 Å². The fraction of sp³-hybridized carbons (Fsp3) is 0.379. The Labute approximate surface area is 228 Å². The van der Waals surface area contributed by atoms with Gasteiger partial charge in [-0.15, -0.1) is 11.3 Å². The number of halogens is 4. The van der Waals surface area contributed by atoms with E-state index in [1.165, 1.54) is 35.7 Å². The van der Waals surface area contributed by atoms with Crippen LogP contribution in [0, 0.1) is 26.6 Å². The maximum absolute atomic E-state index is 13.5. The van der Waals surface area contributed by atoms with Crippen LogP contribution in [-0.4, -0.2) is 19.7 Å². The molecule has 1 saturated carbocycles. The molecule has 206 valence electrons. The van der Waals surface area contributed by atoms with Crippen LogP contribution in [0.2, 0.25) is 0 Å². The first-order valence-corrected chi connectivity index (χ1v) is 13.6. The molecule has 0 bridgehead atoms. The number of aromatic nitrogens is 4. The Morgan fingerprint density at radius 2 is 1.77 bits per heavy atom. The zero-order valence-electron chi connectivity index (χ0n) is 22.1. The van der Waals surface area contributed by atoms with Crippen molar-refractivity contribution in [1.29, 1.82) is 0 Å². The first-order valence-electron chi connectivity index (χ1n) is 12.8. The Hall–Kier alpha value is -3.40. The predicted octanol–water partition coefficient (Wildman–Crippen LogP) is 7.63. The largest absolute Gasteiger partial charge is 0.418 e. The highest BCUT2D eigenvalue weighted by atomic mass is 32.1. The number of aryl methyl sites for hydroxylation is 3. The van der Waals surface area contributed by atoms with Crippen LogP contribution in [0.1, 0.15) is 71.1 Å². The van der Waals surface area contributed by atoms with Crippen LogP contribution < -0.4 is 5.56 Å². The summed E-state index contributed by atoms with van der Waals surface area (Å²) in [6.45, 7) is 5.29. The van der Waals surface area contributed by atoms with Gasteiger partial charge in [0.2, 0.25) is 0 Å². The topological polar surface area (TPSA) is 60.7 Å². The first kappa shape index (κ1) is 28.6. The number of pyridine rings is 1. The van der Waals surface area contributed by atoms with Crippen molar-refractivity contribution in [2.75, 3.05) is 0 Å². The summed E-state index contributed by atoms with van der Waals surface area (Å²) >= 11 is 1.47. The summed E-state index contributed by atoms with van der Waals surface area (Å²) in [6, 6.07) is 10.5. The minimum Gasteiger partial charge on any atom is -0.267 e. The van der Waals surface area contributed by atoms with Crippen LogP contribution in [0.4, 0.5) is 17.6 Å². The molecule has 1 aliphatic carbocycles. The third kappa shape index (κ3) is 7.17. The van der Waals surface area contributed by atoms with E-state index in [9.17, 15) is 22.4 Å². The third-order valence-electron chi connectivity index (χ3n) is 6.66. The van der Waals surface area contributed by atoms with E-state index >= 15 is 0 Å². The Bertz CT molecular complexity index is 1470. The molecule has 0 unspecified atom stereocenters. The highest BCUT2D eigenvalue weighted by Crippen LogP contribution is 2.35. The van der Waals surface area contributed by atoms with E-state index in [-0.39, 0.29) is 29.5 Å². The highest BCUT2D eigenvalue weighted by molar-refractivity contribution is 7.15. The van der Waals surface area contributed by atoms with Crippen molar-refractivity contribution < 1.29 is 17.6 Å². The second kappa shape index (κ2) is 12.2. The average Bonchev–Trinajstić information content (AvgIpc) is 3.23. The lowest BCUT2D eigenvalue weighted by molar-refractivity contribution is -0.138. The number of nitrogens with zero attached hydrogens (tertiary/aromatic N) is 4. The van der Waals surface area contributed by atoms with Crippen molar-refractivity contribution >= 4 is 11.3 Å². The molecule has 10 heteroatoms. The van der Waals surface area contributed by atoms with Gasteiger partial charge in [-0.05, 0) is 75.4 Å². The number of benzene rings is 1. The summed E-state index contributed by atoms with van der Waals surface area (Å²) in [4.78, 5) is 22.5. The van der Waals surface area contributed by atoms with Gasteiger partial charge in [-0.3, -0.25) is 9.78 Å². The Kier molecular flexibility index (Phi) is 8.94. The van der Waals surface area contributed by atoms with E-state index in [0.29, 0.717) is 11.3 Å². The molecule has 39 heavy (non-hydrogen) atoms. The van der Waals surface area contributed by atoms with Crippen molar-refractivity contribution in [3.8, 4) is 10.6 Å². The van der Waals surface area contributed by atoms with Crippen molar-refractivity contribution in [2.24, 2.45) is 0 Å². The zero-order valence-corrected chi connectivity index (χ0v) is 22.9. The average molecular weight is 559 g/mol. The minimum absolute atomic E-state index is 0.0920. The van der Waals surface area contributed by atoms with E-state index in [4.69, 9.17) is 0 Å². The lowest BCUT2D eigenvalue weighted by atomic mass is 9.84. The summed E-state index contributed by atoms with van der Waals surface area (Å²) in [7, 11) is 0. The summed E-state index contributed by atoms with van der Waals surface area (Å²) in [6.07, 6.45) is 1.77. The molecule has 5 rings (SSSR count). The fourth-order valence-corrected chi connectivity index (χ4v) is 5.70. The quantitative estimate of drug-likeness (QED) is 0.242. The van der Waals surface area contributed by atoms with Gasteiger partial charge in [0.05, 0.1) is 33.4 Å². The molecule has 0 aliphatic heterocycles. The molecule has 5 nitrogen and oxygen atoms in total. The maximum atomic E-state index is 13.5. The normalized spacial score (nSPS) is 14.1. The van der Waals surface area contributed by atoms with Crippen molar-refractivity contribution in [3.05, 3.63) is 97.9 Å². The predicted molar refractivity (Wildman–Crippen MR) is 144 cm³/mol. The van der Waals surface area contributed by atoms with Crippen LogP contribution in [0.25, 0.3) is 10.6 Å². The van der Waals surface area contributed by atoms with Gasteiger partial charge in [0.1, 0.15) is 11.5 Å². The second-order valence-corrected chi connectivity index (χ2v) is 10.9.